The lowest BCUT2D eigenvalue weighted by Crippen LogP contribution is -2.29. The molecule has 2 amide bonds. The number of aryl methyl sites for hydroxylation is 1. The standard InChI is InChI=1S/C24H12Br4N2O3S2/c1-10-2-4-11(5-3-10)14(31)9-34-24-29-13-7-6-12(8-15(13)35-24)30-22(32)16-17(23(30)33)19(26)21(28)20(27)18(16)25/h2-8H,9H2,1H3. The lowest BCUT2D eigenvalue weighted by Gasteiger charge is -2.13. The Kier molecular flexibility index (Phi) is 7.10. The monoisotopic (exact) mass is 756 g/mol. The molecule has 0 saturated carbocycles. The highest BCUT2D eigenvalue weighted by Gasteiger charge is 2.42. The van der Waals surface area contributed by atoms with Crippen LogP contribution in [0, 0.1) is 6.92 Å². The maximum atomic E-state index is 13.3. The Hall–Kier alpha value is -1.37. The number of hydrogen-bond donors (Lipinski definition) is 0. The number of anilines is 1. The van der Waals surface area contributed by atoms with Crippen molar-refractivity contribution in [1.82, 2.24) is 4.98 Å². The van der Waals surface area contributed by atoms with Crippen LogP contribution in [0.15, 0.2) is 64.7 Å². The first-order chi connectivity index (χ1) is 16.7. The van der Waals surface area contributed by atoms with Gasteiger partial charge in [0.25, 0.3) is 11.8 Å². The van der Waals surface area contributed by atoms with Crippen LogP contribution in [-0.4, -0.2) is 28.3 Å². The summed E-state index contributed by atoms with van der Waals surface area (Å²) in [6.45, 7) is 1.98. The van der Waals surface area contributed by atoms with E-state index in [4.69, 9.17) is 0 Å². The number of nitrogens with zero attached hydrogens (tertiary/aromatic N) is 2. The van der Waals surface area contributed by atoms with E-state index in [1.807, 2.05) is 31.2 Å². The Balaban J connectivity index is 1.41. The summed E-state index contributed by atoms with van der Waals surface area (Å²) in [7, 11) is 0. The van der Waals surface area contributed by atoms with Crippen LogP contribution in [0.25, 0.3) is 10.2 Å². The quantitative estimate of drug-likeness (QED) is 0.0673. The van der Waals surface area contributed by atoms with Gasteiger partial charge in [-0.2, -0.15) is 0 Å². The summed E-state index contributed by atoms with van der Waals surface area (Å²) in [5.74, 6) is -0.504. The van der Waals surface area contributed by atoms with Crippen molar-refractivity contribution < 1.29 is 14.4 Å². The number of Topliss-reactive ketones (excluding diaryl/α,β-unsaturated/α-hetero) is 1. The molecule has 0 fully saturated rings. The second-order valence-corrected chi connectivity index (χ2v) is 13.1. The number of thiazole rings is 1. The Labute approximate surface area is 242 Å². The van der Waals surface area contributed by atoms with Gasteiger partial charge in [0.05, 0.1) is 32.8 Å². The predicted molar refractivity (Wildman–Crippen MR) is 154 cm³/mol. The van der Waals surface area contributed by atoms with Crippen molar-refractivity contribution in [1.29, 1.82) is 0 Å². The number of hydrogen-bond acceptors (Lipinski definition) is 6. The molecule has 0 unspecified atom stereocenters. The second kappa shape index (κ2) is 9.83. The van der Waals surface area contributed by atoms with E-state index in [0.717, 1.165) is 20.1 Å². The van der Waals surface area contributed by atoms with E-state index < -0.39 is 11.8 Å². The Morgan fingerprint density at radius 1 is 0.914 bits per heavy atom. The van der Waals surface area contributed by atoms with Crippen molar-refractivity contribution in [2.45, 2.75) is 11.3 Å². The van der Waals surface area contributed by atoms with Gasteiger partial charge in [0.2, 0.25) is 0 Å². The molecule has 0 aliphatic carbocycles. The first-order valence-corrected chi connectivity index (χ1v) is 15.0. The molecule has 176 valence electrons. The molecular formula is C24H12Br4N2O3S2. The summed E-state index contributed by atoms with van der Waals surface area (Å²) in [6, 6.07) is 12.8. The van der Waals surface area contributed by atoms with Crippen molar-refractivity contribution >= 4 is 120 Å². The highest BCUT2D eigenvalue weighted by Crippen LogP contribution is 2.46. The number of ketones is 1. The summed E-state index contributed by atoms with van der Waals surface area (Å²) >= 11 is 16.6. The highest BCUT2D eigenvalue weighted by molar-refractivity contribution is 9.15. The van der Waals surface area contributed by atoms with E-state index in [1.165, 1.54) is 28.0 Å². The van der Waals surface area contributed by atoms with Gasteiger partial charge in [-0.3, -0.25) is 14.4 Å². The largest absolute Gasteiger partial charge is 0.293 e. The summed E-state index contributed by atoms with van der Waals surface area (Å²) < 4.78 is 3.89. The van der Waals surface area contributed by atoms with Gasteiger partial charge in [-0.25, -0.2) is 9.88 Å². The average Bonchev–Trinajstić information content (AvgIpc) is 3.37. The summed E-state index contributed by atoms with van der Waals surface area (Å²) in [5, 5.41) is 0. The minimum atomic E-state index is -0.409. The molecule has 0 bridgehead atoms. The number of carbonyl (C=O) groups excluding carboxylic acids is 3. The summed E-state index contributed by atoms with van der Waals surface area (Å²) in [6.07, 6.45) is 0. The van der Waals surface area contributed by atoms with Gasteiger partial charge in [0.15, 0.2) is 10.1 Å². The minimum absolute atomic E-state index is 0.0365. The Morgan fingerprint density at radius 2 is 1.51 bits per heavy atom. The predicted octanol–water partition coefficient (Wildman–Crippen LogP) is 8.43. The number of rotatable bonds is 5. The van der Waals surface area contributed by atoms with Crippen LogP contribution in [0.4, 0.5) is 5.69 Å². The van der Waals surface area contributed by atoms with Crippen LogP contribution in [0.5, 0.6) is 0 Å². The van der Waals surface area contributed by atoms with E-state index in [9.17, 15) is 14.4 Å². The Bertz CT molecular complexity index is 1520. The van der Waals surface area contributed by atoms with E-state index in [2.05, 4.69) is 68.7 Å². The second-order valence-electron chi connectivity index (χ2n) is 7.66. The third-order valence-corrected chi connectivity index (χ3v) is 12.3. The van der Waals surface area contributed by atoms with Crippen LogP contribution >= 0.6 is 86.8 Å². The molecule has 3 aromatic carbocycles. The molecule has 4 aromatic rings. The number of thioether (sulfide) groups is 1. The van der Waals surface area contributed by atoms with E-state index >= 15 is 0 Å². The van der Waals surface area contributed by atoms with Gasteiger partial charge >= 0.3 is 0 Å². The van der Waals surface area contributed by atoms with Gasteiger partial charge in [0.1, 0.15) is 0 Å². The molecule has 2 heterocycles. The zero-order valence-electron chi connectivity index (χ0n) is 17.7. The number of carbonyl (C=O) groups is 3. The maximum absolute atomic E-state index is 13.3. The van der Waals surface area contributed by atoms with Crippen molar-refractivity contribution in [2.24, 2.45) is 0 Å². The lowest BCUT2D eigenvalue weighted by molar-refractivity contribution is 0.0924. The maximum Gasteiger partial charge on any atom is 0.267 e. The summed E-state index contributed by atoms with van der Waals surface area (Å²) in [5.41, 5.74) is 3.58. The van der Waals surface area contributed by atoms with Crippen molar-refractivity contribution in [3.63, 3.8) is 0 Å². The lowest BCUT2D eigenvalue weighted by atomic mass is 10.1. The molecule has 11 heteroatoms. The summed E-state index contributed by atoms with van der Waals surface area (Å²) in [4.78, 5) is 44.9. The van der Waals surface area contributed by atoms with Crippen LogP contribution in [0.3, 0.4) is 0 Å². The van der Waals surface area contributed by atoms with Gasteiger partial charge in [-0.1, -0.05) is 41.6 Å². The van der Waals surface area contributed by atoms with Gasteiger partial charge in [-0.05, 0) is 88.8 Å². The fourth-order valence-electron chi connectivity index (χ4n) is 3.63. The zero-order chi connectivity index (χ0) is 25.0. The molecule has 35 heavy (non-hydrogen) atoms. The van der Waals surface area contributed by atoms with Crippen molar-refractivity contribution in [2.75, 3.05) is 10.7 Å². The van der Waals surface area contributed by atoms with Crippen LogP contribution in [0.2, 0.25) is 0 Å². The molecule has 0 atom stereocenters. The van der Waals surface area contributed by atoms with Crippen LogP contribution < -0.4 is 4.90 Å². The fourth-order valence-corrected chi connectivity index (χ4v) is 8.08. The number of halogens is 4. The zero-order valence-corrected chi connectivity index (χ0v) is 25.7. The number of fused-ring (bicyclic) bond motifs is 2. The molecule has 1 aliphatic heterocycles. The van der Waals surface area contributed by atoms with Gasteiger partial charge in [0, 0.05) is 23.5 Å². The van der Waals surface area contributed by atoms with Crippen LogP contribution in [0.1, 0.15) is 36.6 Å². The van der Waals surface area contributed by atoms with E-state index in [-0.39, 0.29) is 11.5 Å². The average molecular weight is 760 g/mol. The number of imide groups is 1. The molecule has 0 saturated heterocycles. The Morgan fingerprint density at radius 3 is 2.11 bits per heavy atom. The number of amides is 2. The molecule has 0 spiro atoms. The first kappa shape index (κ1) is 25.3. The van der Waals surface area contributed by atoms with Crippen molar-refractivity contribution in [3.05, 3.63) is 82.6 Å². The third kappa shape index (κ3) is 4.48. The number of aromatic nitrogens is 1. The fraction of sp³-hybridized carbons (Fsp3) is 0.0833. The van der Waals surface area contributed by atoms with Gasteiger partial charge < -0.3 is 0 Å². The smallest absolute Gasteiger partial charge is 0.267 e. The SMILES string of the molecule is Cc1ccc(C(=O)CSc2nc3ccc(N4C(=O)c5c(Br)c(Br)c(Br)c(Br)c5C4=O)cc3s2)cc1. The topological polar surface area (TPSA) is 67.3 Å². The van der Waals surface area contributed by atoms with E-state index in [1.54, 1.807) is 18.2 Å². The highest BCUT2D eigenvalue weighted by atomic mass is 79.9. The minimum Gasteiger partial charge on any atom is -0.293 e. The first-order valence-electron chi connectivity index (χ1n) is 10.1. The van der Waals surface area contributed by atoms with E-state index in [0.29, 0.717) is 40.3 Å². The molecule has 5 nitrogen and oxygen atoms in total. The molecule has 1 aliphatic rings. The molecular weight excluding hydrogens is 748 g/mol. The third-order valence-electron chi connectivity index (χ3n) is 5.41. The molecule has 1 aromatic heterocycles. The van der Waals surface area contributed by atoms with Crippen LogP contribution in [-0.2, 0) is 0 Å². The van der Waals surface area contributed by atoms with Crippen molar-refractivity contribution in [3.8, 4) is 0 Å². The molecule has 0 N–H and O–H groups in total. The molecule has 5 rings (SSSR count). The number of benzene rings is 3. The normalized spacial score (nSPS) is 13.1. The molecule has 0 radical (unpaired) electrons. The van der Waals surface area contributed by atoms with Gasteiger partial charge in [-0.15, -0.1) is 11.3 Å².